The molecule has 3 heteroatoms. The Kier molecular flexibility index (Phi) is 4.35. The molecule has 126 valence electrons. The monoisotopic (exact) mass is 324 g/mol. The van der Waals surface area contributed by atoms with E-state index in [0.717, 1.165) is 28.9 Å². The zero-order chi connectivity index (χ0) is 17.3. The molecule has 1 N–H and O–H groups in total. The Hall–Kier alpha value is -2.29. The highest BCUT2D eigenvalue weighted by Gasteiger charge is 2.56. The Bertz CT molecular complexity index is 738. The molecule has 0 aliphatic heterocycles. The van der Waals surface area contributed by atoms with Crippen molar-refractivity contribution in [1.82, 2.24) is 0 Å². The fraction of sp³-hybridized carbons (Fsp3) is 0.381. The van der Waals surface area contributed by atoms with Crippen molar-refractivity contribution < 1.29 is 14.6 Å². The lowest BCUT2D eigenvalue weighted by Crippen LogP contribution is -2.34. The minimum atomic E-state index is -0.802. The van der Waals surface area contributed by atoms with E-state index >= 15 is 0 Å². The van der Waals surface area contributed by atoms with Crippen LogP contribution in [0.2, 0.25) is 0 Å². The van der Waals surface area contributed by atoms with Gasteiger partial charge in [0.25, 0.3) is 0 Å². The standard InChI is InChI=1S/C21H24O3/c1-14-9-10-15(2)18(11-14)24-19-12-17(19)21(3,20(22)23)13-16-7-5-4-6-8-16/h4-11,17,19H,12-13H2,1-3H3,(H,22,23). The SMILES string of the molecule is Cc1ccc(C)c(OC2CC2C(C)(Cc2ccccc2)C(=O)O)c1. The van der Waals surface area contributed by atoms with Gasteiger partial charge in [-0.05, 0) is 56.4 Å². The largest absolute Gasteiger partial charge is 0.490 e. The lowest BCUT2D eigenvalue weighted by molar-refractivity contribution is -0.149. The number of aryl methyl sites for hydroxylation is 2. The molecular formula is C21H24O3. The predicted molar refractivity (Wildman–Crippen MR) is 94.3 cm³/mol. The van der Waals surface area contributed by atoms with Crippen LogP contribution >= 0.6 is 0 Å². The number of carbonyl (C=O) groups is 1. The molecule has 1 fully saturated rings. The van der Waals surface area contributed by atoms with Crippen LogP contribution < -0.4 is 4.74 Å². The molecule has 0 saturated heterocycles. The van der Waals surface area contributed by atoms with Gasteiger partial charge in [-0.1, -0.05) is 42.5 Å². The summed E-state index contributed by atoms with van der Waals surface area (Å²) < 4.78 is 6.12. The first-order chi connectivity index (χ1) is 11.4. The first-order valence-corrected chi connectivity index (χ1v) is 8.41. The first kappa shape index (κ1) is 16.6. The Labute approximate surface area is 143 Å². The van der Waals surface area contributed by atoms with Gasteiger partial charge in [-0.25, -0.2) is 0 Å². The predicted octanol–water partition coefficient (Wildman–Crippen LogP) is 4.40. The molecule has 0 bridgehead atoms. The average molecular weight is 324 g/mol. The van der Waals surface area contributed by atoms with Crippen molar-refractivity contribution in [2.45, 2.75) is 39.7 Å². The van der Waals surface area contributed by atoms with Gasteiger partial charge in [-0.3, -0.25) is 4.79 Å². The maximum atomic E-state index is 12.0. The lowest BCUT2D eigenvalue weighted by Gasteiger charge is -2.25. The van der Waals surface area contributed by atoms with Crippen LogP contribution in [0.15, 0.2) is 48.5 Å². The van der Waals surface area contributed by atoms with Crippen molar-refractivity contribution in [2.24, 2.45) is 11.3 Å². The highest BCUT2D eigenvalue weighted by molar-refractivity contribution is 5.76. The van der Waals surface area contributed by atoms with Crippen molar-refractivity contribution in [3.8, 4) is 5.75 Å². The summed E-state index contributed by atoms with van der Waals surface area (Å²) in [4.78, 5) is 12.0. The molecule has 1 aliphatic carbocycles. The van der Waals surface area contributed by atoms with Crippen LogP contribution in [0.3, 0.4) is 0 Å². The summed E-state index contributed by atoms with van der Waals surface area (Å²) in [6.45, 7) is 5.90. The van der Waals surface area contributed by atoms with E-state index in [-0.39, 0.29) is 12.0 Å². The molecule has 2 aromatic carbocycles. The van der Waals surface area contributed by atoms with E-state index in [0.29, 0.717) is 6.42 Å². The van der Waals surface area contributed by atoms with E-state index in [1.54, 1.807) is 0 Å². The molecule has 0 radical (unpaired) electrons. The van der Waals surface area contributed by atoms with E-state index < -0.39 is 11.4 Å². The van der Waals surface area contributed by atoms with E-state index in [2.05, 4.69) is 6.07 Å². The normalized spacial score (nSPS) is 21.8. The second-order valence-electron chi connectivity index (χ2n) is 7.15. The third-order valence-electron chi connectivity index (χ3n) is 5.08. The summed E-state index contributed by atoms with van der Waals surface area (Å²) in [5.41, 5.74) is 2.49. The molecule has 0 aromatic heterocycles. The average Bonchev–Trinajstić information content (AvgIpc) is 3.31. The van der Waals surface area contributed by atoms with Crippen LogP contribution in [0.4, 0.5) is 0 Å². The summed E-state index contributed by atoms with van der Waals surface area (Å²) in [5, 5.41) is 9.83. The molecule has 3 atom stereocenters. The summed E-state index contributed by atoms with van der Waals surface area (Å²) in [6.07, 6.45) is 1.30. The minimum absolute atomic E-state index is 0.0182. The molecule has 3 rings (SSSR count). The highest BCUT2D eigenvalue weighted by Crippen LogP contribution is 2.50. The second kappa shape index (κ2) is 6.31. The fourth-order valence-corrected chi connectivity index (χ4v) is 3.35. The van der Waals surface area contributed by atoms with Gasteiger partial charge in [0.15, 0.2) is 0 Å². The number of carboxylic acid groups (broad SMARTS) is 1. The summed E-state index contributed by atoms with van der Waals surface area (Å²) in [7, 11) is 0. The molecular weight excluding hydrogens is 300 g/mol. The first-order valence-electron chi connectivity index (χ1n) is 8.41. The van der Waals surface area contributed by atoms with Gasteiger partial charge >= 0.3 is 5.97 Å². The van der Waals surface area contributed by atoms with E-state index in [1.807, 2.05) is 63.2 Å². The van der Waals surface area contributed by atoms with Gasteiger partial charge in [0, 0.05) is 5.92 Å². The smallest absolute Gasteiger partial charge is 0.310 e. The molecule has 3 unspecified atom stereocenters. The van der Waals surface area contributed by atoms with Crippen molar-refractivity contribution in [2.75, 3.05) is 0 Å². The molecule has 1 aliphatic rings. The van der Waals surface area contributed by atoms with Crippen molar-refractivity contribution in [3.05, 3.63) is 65.2 Å². The van der Waals surface area contributed by atoms with Crippen LogP contribution in [-0.2, 0) is 11.2 Å². The van der Waals surface area contributed by atoms with Gasteiger partial charge < -0.3 is 9.84 Å². The zero-order valence-corrected chi connectivity index (χ0v) is 14.5. The summed E-state index contributed by atoms with van der Waals surface area (Å²) in [6, 6.07) is 16.0. The van der Waals surface area contributed by atoms with Gasteiger partial charge in [0.1, 0.15) is 11.9 Å². The number of aliphatic carboxylic acids is 1. The fourth-order valence-electron chi connectivity index (χ4n) is 3.35. The maximum absolute atomic E-state index is 12.0. The quantitative estimate of drug-likeness (QED) is 0.856. The van der Waals surface area contributed by atoms with Crippen molar-refractivity contribution in [3.63, 3.8) is 0 Å². The Morgan fingerprint density at radius 2 is 1.92 bits per heavy atom. The number of carboxylic acids is 1. The molecule has 0 amide bonds. The number of hydrogen-bond donors (Lipinski definition) is 1. The topological polar surface area (TPSA) is 46.5 Å². The van der Waals surface area contributed by atoms with Crippen molar-refractivity contribution in [1.29, 1.82) is 0 Å². The molecule has 0 heterocycles. The van der Waals surface area contributed by atoms with Crippen LogP contribution in [0.1, 0.15) is 30.0 Å². The Morgan fingerprint density at radius 1 is 1.21 bits per heavy atom. The van der Waals surface area contributed by atoms with Crippen molar-refractivity contribution >= 4 is 5.97 Å². The molecule has 0 spiro atoms. The zero-order valence-electron chi connectivity index (χ0n) is 14.5. The van der Waals surface area contributed by atoms with Gasteiger partial charge in [-0.15, -0.1) is 0 Å². The number of benzene rings is 2. The third-order valence-corrected chi connectivity index (χ3v) is 5.08. The minimum Gasteiger partial charge on any atom is -0.490 e. The Balaban J connectivity index is 1.75. The number of hydrogen-bond acceptors (Lipinski definition) is 2. The third kappa shape index (κ3) is 3.30. The van der Waals surface area contributed by atoms with E-state index in [1.165, 1.54) is 0 Å². The van der Waals surface area contributed by atoms with Crippen LogP contribution in [0, 0.1) is 25.2 Å². The van der Waals surface area contributed by atoms with Gasteiger partial charge in [-0.2, -0.15) is 0 Å². The number of ether oxygens (including phenoxy) is 1. The van der Waals surface area contributed by atoms with Gasteiger partial charge in [0.05, 0.1) is 5.41 Å². The second-order valence-corrected chi connectivity index (χ2v) is 7.15. The summed E-state index contributed by atoms with van der Waals surface area (Å²) in [5.74, 6) is 0.161. The molecule has 24 heavy (non-hydrogen) atoms. The highest BCUT2D eigenvalue weighted by atomic mass is 16.5. The van der Waals surface area contributed by atoms with E-state index in [9.17, 15) is 9.90 Å². The molecule has 3 nitrogen and oxygen atoms in total. The summed E-state index contributed by atoms with van der Waals surface area (Å²) >= 11 is 0. The van der Waals surface area contributed by atoms with Gasteiger partial charge in [0.2, 0.25) is 0 Å². The lowest BCUT2D eigenvalue weighted by atomic mass is 9.79. The van der Waals surface area contributed by atoms with Crippen LogP contribution in [0.5, 0.6) is 5.75 Å². The number of rotatable bonds is 6. The molecule has 2 aromatic rings. The van der Waals surface area contributed by atoms with Crippen LogP contribution in [0.25, 0.3) is 0 Å². The maximum Gasteiger partial charge on any atom is 0.310 e. The van der Waals surface area contributed by atoms with Crippen LogP contribution in [-0.4, -0.2) is 17.2 Å². The van der Waals surface area contributed by atoms with E-state index in [4.69, 9.17) is 4.74 Å². The Morgan fingerprint density at radius 3 is 2.58 bits per heavy atom. The molecule has 1 saturated carbocycles.